The third-order valence-electron chi connectivity index (χ3n) is 3.85. The summed E-state index contributed by atoms with van der Waals surface area (Å²) in [6.45, 7) is 5.30. The van der Waals surface area contributed by atoms with Gasteiger partial charge in [0.2, 0.25) is 0 Å². The number of benzene rings is 1. The largest absolute Gasteiger partial charge is 0.387 e. The number of anilines is 1. The van der Waals surface area contributed by atoms with Crippen molar-refractivity contribution in [2.75, 3.05) is 39.0 Å². The van der Waals surface area contributed by atoms with Crippen LogP contribution in [0.4, 0.5) is 10.5 Å². The molecule has 0 bridgehead atoms. The second-order valence-electron chi connectivity index (χ2n) is 6.24. The first kappa shape index (κ1) is 16.5. The van der Waals surface area contributed by atoms with Gasteiger partial charge in [-0.25, -0.2) is 4.79 Å². The van der Waals surface area contributed by atoms with Crippen LogP contribution >= 0.6 is 0 Å². The van der Waals surface area contributed by atoms with E-state index in [1.165, 1.54) is 0 Å². The number of β-amino-alcohol motifs (C(OH)–C–C–N with tert-alkyl or cyclic N) is 1. The predicted octanol–water partition coefficient (Wildman–Crippen LogP) is 2.25. The summed E-state index contributed by atoms with van der Waals surface area (Å²) in [5.74, 6) is 0. The van der Waals surface area contributed by atoms with Gasteiger partial charge in [0, 0.05) is 18.8 Å². The van der Waals surface area contributed by atoms with Gasteiger partial charge in [-0.2, -0.15) is 0 Å². The number of rotatable bonds is 4. The van der Waals surface area contributed by atoms with Gasteiger partial charge in [-0.15, -0.1) is 0 Å². The molecule has 2 rings (SSSR count). The quantitative estimate of drug-likeness (QED) is 0.897. The number of nitrogens with zero attached hydrogens (tertiary/aromatic N) is 2. The van der Waals surface area contributed by atoms with E-state index in [1.54, 1.807) is 11.0 Å². The standard InChI is InChI=1S/C17H25N3O2/c1-4-14-6-8-15(9-7-14)18-16(21)20-11-5-10-17(22,13-20)12-19(2)3/h4,6-9,22H,1,5,10-13H2,2-3H3,(H,18,21)/t17-/m1/s1. The monoisotopic (exact) mass is 303 g/mol. The second-order valence-corrected chi connectivity index (χ2v) is 6.24. The molecule has 1 saturated heterocycles. The molecule has 2 amide bonds. The first-order chi connectivity index (χ1) is 10.4. The minimum Gasteiger partial charge on any atom is -0.387 e. The molecule has 22 heavy (non-hydrogen) atoms. The SMILES string of the molecule is C=Cc1ccc(NC(=O)N2CCC[C@@](O)(CN(C)C)C2)cc1. The van der Waals surface area contributed by atoms with E-state index in [-0.39, 0.29) is 6.03 Å². The minimum absolute atomic E-state index is 0.164. The number of piperidine rings is 1. The lowest BCUT2D eigenvalue weighted by Crippen LogP contribution is -2.55. The summed E-state index contributed by atoms with van der Waals surface area (Å²) in [5.41, 5.74) is 0.930. The average molecular weight is 303 g/mol. The van der Waals surface area contributed by atoms with Gasteiger partial charge in [-0.05, 0) is 44.6 Å². The molecule has 0 spiro atoms. The number of aliphatic hydroxyl groups is 1. The van der Waals surface area contributed by atoms with Crippen LogP contribution in [-0.2, 0) is 0 Å². The molecule has 0 radical (unpaired) electrons. The molecule has 1 aliphatic heterocycles. The molecule has 1 aliphatic rings. The second kappa shape index (κ2) is 6.94. The van der Waals surface area contributed by atoms with Crippen molar-refractivity contribution in [1.29, 1.82) is 0 Å². The van der Waals surface area contributed by atoms with E-state index in [2.05, 4.69) is 11.9 Å². The Balaban J connectivity index is 1.97. The minimum atomic E-state index is -0.828. The lowest BCUT2D eigenvalue weighted by molar-refractivity contribution is -0.0333. The van der Waals surface area contributed by atoms with Crippen molar-refractivity contribution in [3.63, 3.8) is 0 Å². The Hall–Kier alpha value is -1.85. The Morgan fingerprint density at radius 2 is 2.14 bits per heavy atom. The first-order valence-electron chi connectivity index (χ1n) is 7.57. The molecular weight excluding hydrogens is 278 g/mol. The van der Waals surface area contributed by atoms with Crippen LogP contribution in [0.15, 0.2) is 30.8 Å². The van der Waals surface area contributed by atoms with Crippen molar-refractivity contribution in [3.8, 4) is 0 Å². The predicted molar refractivity (Wildman–Crippen MR) is 89.9 cm³/mol. The summed E-state index contributed by atoms with van der Waals surface area (Å²) < 4.78 is 0. The zero-order valence-electron chi connectivity index (χ0n) is 13.4. The first-order valence-corrected chi connectivity index (χ1v) is 7.57. The molecule has 1 aromatic carbocycles. The molecule has 5 heteroatoms. The van der Waals surface area contributed by atoms with Crippen LogP contribution in [0.5, 0.6) is 0 Å². The summed E-state index contributed by atoms with van der Waals surface area (Å²) in [5, 5.41) is 13.5. The fourth-order valence-corrected chi connectivity index (χ4v) is 2.91. The molecule has 1 heterocycles. The molecule has 1 fully saturated rings. The number of amides is 2. The summed E-state index contributed by atoms with van der Waals surface area (Å²) in [4.78, 5) is 16.0. The zero-order valence-corrected chi connectivity index (χ0v) is 13.4. The average Bonchev–Trinajstić information content (AvgIpc) is 2.46. The highest BCUT2D eigenvalue weighted by molar-refractivity contribution is 5.89. The Morgan fingerprint density at radius 3 is 2.73 bits per heavy atom. The third kappa shape index (κ3) is 4.32. The lowest BCUT2D eigenvalue weighted by Gasteiger charge is -2.40. The molecular formula is C17H25N3O2. The van der Waals surface area contributed by atoms with Crippen molar-refractivity contribution in [3.05, 3.63) is 36.4 Å². The van der Waals surface area contributed by atoms with Gasteiger partial charge in [0.05, 0.1) is 12.1 Å². The fourth-order valence-electron chi connectivity index (χ4n) is 2.91. The maximum atomic E-state index is 12.4. The molecule has 0 aliphatic carbocycles. The number of nitrogens with one attached hydrogen (secondary N) is 1. The molecule has 1 aromatic rings. The number of carbonyl (C=O) groups is 1. The van der Waals surface area contributed by atoms with E-state index in [0.717, 1.165) is 24.1 Å². The fraction of sp³-hybridized carbons (Fsp3) is 0.471. The van der Waals surface area contributed by atoms with Crippen LogP contribution < -0.4 is 5.32 Å². The molecule has 0 unspecified atom stereocenters. The third-order valence-corrected chi connectivity index (χ3v) is 3.85. The van der Waals surface area contributed by atoms with E-state index in [0.29, 0.717) is 19.6 Å². The Labute approximate surface area is 132 Å². The van der Waals surface area contributed by atoms with Crippen molar-refractivity contribution >= 4 is 17.8 Å². The van der Waals surface area contributed by atoms with E-state index in [1.807, 2.05) is 43.3 Å². The Bertz CT molecular complexity index is 527. The van der Waals surface area contributed by atoms with Crippen LogP contribution in [0.3, 0.4) is 0 Å². The highest BCUT2D eigenvalue weighted by atomic mass is 16.3. The van der Waals surface area contributed by atoms with Gasteiger partial charge in [0.1, 0.15) is 0 Å². The molecule has 0 saturated carbocycles. The number of urea groups is 1. The molecule has 120 valence electrons. The molecule has 1 atom stereocenters. The highest BCUT2D eigenvalue weighted by Crippen LogP contribution is 2.22. The number of carbonyl (C=O) groups excluding carboxylic acids is 1. The van der Waals surface area contributed by atoms with Crippen LogP contribution in [0.2, 0.25) is 0 Å². The summed E-state index contributed by atoms with van der Waals surface area (Å²) in [6.07, 6.45) is 3.30. The molecule has 2 N–H and O–H groups in total. The maximum Gasteiger partial charge on any atom is 0.321 e. The Morgan fingerprint density at radius 1 is 1.45 bits per heavy atom. The van der Waals surface area contributed by atoms with Gasteiger partial charge < -0.3 is 20.2 Å². The van der Waals surface area contributed by atoms with Crippen molar-refractivity contribution in [2.24, 2.45) is 0 Å². The van der Waals surface area contributed by atoms with Crippen molar-refractivity contribution in [1.82, 2.24) is 9.80 Å². The van der Waals surface area contributed by atoms with Crippen molar-refractivity contribution < 1.29 is 9.90 Å². The van der Waals surface area contributed by atoms with Crippen LogP contribution in [-0.4, -0.2) is 60.3 Å². The smallest absolute Gasteiger partial charge is 0.321 e. The number of likely N-dealkylation sites (tertiary alicyclic amines) is 1. The van der Waals surface area contributed by atoms with Crippen LogP contribution in [0.1, 0.15) is 18.4 Å². The van der Waals surface area contributed by atoms with Gasteiger partial charge in [-0.1, -0.05) is 24.8 Å². The van der Waals surface area contributed by atoms with Gasteiger partial charge in [-0.3, -0.25) is 0 Å². The van der Waals surface area contributed by atoms with Gasteiger partial charge in [0.25, 0.3) is 0 Å². The Kier molecular flexibility index (Phi) is 5.21. The van der Waals surface area contributed by atoms with E-state index >= 15 is 0 Å². The van der Waals surface area contributed by atoms with Crippen LogP contribution in [0, 0.1) is 0 Å². The van der Waals surface area contributed by atoms with E-state index in [4.69, 9.17) is 0 Å². The molecule has 0 aromatic heterocycles. The van der Waals surface area contributed by atoms with Gasteiger partial charge in [0.15, 0.2) is 0 Å². The number of hydrogen-bond donors (Lipinski definition) is 2. The normalized spacial score (nSPS) is 21.7. The molecule has 5 nitrogen and oxygen atoms in total. The number of likely N-dealkylation sites (N-methyl/N-ethyl adjacent to an activating group) is 1. The van der Waals surface area contributed by atoms with Crippen molar-refractivity contribution in [2.45, 2.75) is 18.4 Å². The summed E-state index contributed by atoms with van der Waals surface area (Å²) >= 11 is 0. The zero-order chi connectivity index (χ0) is 16.2. The maximum absolute atomic E-state index is 12.4. The van der Waals surface area contributed by atoms with Crippen LogP contribution in [0.25, 0.3) is 6.08 Å². The number of hydrogen-bond acceptors (Lipinski definition) is 3. The van der Waals surface area contributed by atoms with Gasteiger partial charge >= 0.3 is 6.03 Å². The van der Waals surface area contributed by atoms with E-state index < -0.39 is 5.60 Å². The van der Waals surface area contributed by atoms with E-state index in [9.17, 15) is 9.90 Å². The summed E-state index contributed by atoms with van der Waals surface area (Å²) in [7, 11) is 3.86. The summed E-state index contributed by atoms with van der Waals surface area (Å²) in [6, 6.07) is 7.35. The lowest BCUT2D eigenvalue weighted by atomic mass is 9.92. The highest BCUT2D eigenvalue weighted by Gasteiger charge is 2.35. The topological polar surface area (TPSA) is 55.8 Å².